The lowest BCUT2D eigenvalue weighted by Gasteiger charge is -2.24. The SMILES string of the molecule is CC(NC(=O)CC1CCNCC1)c1ccc2c(c1)OCCO2.Cl. The molecule has 23 heavy (non-hydrogen) atoms. The molecule has 2 N–H and O–H groups in total. The van der Waals surface area contributed by atoms with E-state index in [1.807, 2.05) is 25.1 Å². The third kappa shape index (κ3) is 4.75. The standard InChI is InChI=1S/C17H24N2O3.ClH/c1-12(19-17(20)10-13-4-6-18-7-5-13)14-2-3-15-16(11-14)22-9-8-21-15;/h2-3,11-13,18H,4-10H2,1H3,(H,19,20);1H. The summed E-state index contributed by atoms with van der Waals surface area (Å²) >= 11 is 0. The second-order valence-corrected chi connectivity index (χ2v) is 6.09. The fourth-order valence-corrected chi connectivity index (χ4v) is 3.06. The highest BCUT2D eigenvalue weighted by molar-refractivity contribution is 5.85. The summed E-state index contributed by atoms with van der Waals surface area (Å²) in [6.45, 7) is 5.22. The van der Waals surface area contributed by atoms with Crippen molar-refractivity contribution in [2.75, 3.05) is 26.3 Å². The number of piperidine rings is 1. The normalized spacial score (nSPS) is 18.7. The lowest BCUT2D eigenvalue weighted by molar-refractivity contribution is -0.122. The Bertz CT molecular complexity index is 533. The van der Waals surface area contributed by atoms with Crippen LogP contribution in [0.15, 0.2) is 18.2 Å². The van der Waals surface area contributed by atoms with Gasteiger partial charge in [-0.05, 0) is 56.5 Å². The number of carbonyl (C=O) groups is 1. The van der Waals surface area contributed by atoms with Gasteiger partial charge in [0.2, 0.25) is 5.91 Å². The van der Waals surface area contributed by atoms with Crippen LogP contribution in [0, 0.1) is 5.92 Å². The van der Waals surface area contributed by atoms with E-state index in [9.17, 15) is 4.79 Å². The number of fused-ring (bicyclic) bond motifs is 1. The lowest BCUT2D eigenvalue weighted by Crippen LogP contribution is -2.33. The topological polar surface area (TPSA) is 59.6 Å². The van der Waals surface area contributed by atoms with Crippen molar-refractivity contribution in [1.82, 2.24) is 10.6 Å². The zero-order valence-corrected chi connectivity index (χ0v) is 14.3. The molecule has 6 heteroatoms. The second kappa shape index (κ2) is 8.41. The molecule has 0 radical (unpaired) electrons. The average Bonchev–Trinajstić information content (AvgIpc) is 2.55. The molecule has 128 valence electrons. The molecule has 1 unspecified atom stereocenters. The smallest absolute Gasteiger partial charge is 0.220 e. The summed E-state index contributed by atoms with van der Waals surface area (Å²) in [4.78, 5) is 12.2. The van der Waals surface area contributed by atoms with Gasteiger partial charge in [0.25, 0.3) is 0 Å². The van der Waals surface area contributed by atoms with Crippen LogP contribution in [0.2, 0.25) is 0 Å². The molecule has 1 saturated heterocycles. The number of rotatable bonds is 4. The molecular weight excluding hydrogens is 316 g/mol. The van der Waals surface area contributed by atoms with E-state index in [1.54, 1.807) is 0 Å². The van der Waals surface area contributed by atoms with Gasteiger partial charge >= 0.3 is 0 Å². The van der Waals surface area contributed by atoms with Crippen LogP contribution < -0.4 is 20.1 Å². The van der Waals surface area contributed by atoms with E-state index in [0.29, 0.717) is 25.6 Å². The zero-order valence-electron chi connectivity index (χ0n) is 13.5. The maximum atomic E-state index is 12.2. The summed E-state index contributed by atoms with van der Waals surface area (Å²) in [6, 6.07) is 5.84. The molecule has 1 atom stereocenters. The van der Waals surface area contributed by atoms with Gasteiger partial charge in [-0.1, -0.05) is 6.07 Å². The highest BCUT2D eigenvalue weighted by Gasteiger charge is 2.19. The molecule has 3 rings (SSSR count). The molecule has 0 aliphatic carbocycles. The predicted octanol–water partition coefficient (Wildman–Crippen LogP) is 2.45. The Morgan fingerprint density at radius 2 is 1.96 bits per heavy atom. The number of hydrogen-bond acceptors (Lipinski definition) is 4. The summed E-state index contributed by atoms with van der Waals surface area (Å²) in [5.41, 5.74) is 1.04. The van der Waals surface area contributed by atoms with Gasteiger partial charge in [-0.25, -0.2) is 0 Å². The van der Waals surface area contributed by atoms with Crippen LogP contribution in [0.25, 0.3) is 0 Å². The van der Waals surface area contributed by atoms with Crippen LogP contribution in [0.5, 0.6) is 11.5 Å². The molecule has 5 nitrogen and oxygen atoms in total. The van der Waals surface area contributed by atoms with Gasteiger partial charge in [0.1, 0.15) is 13.2 Å². The van der Waals surface area contributed by atoms with Gasteiger partial charge in [-0.3, -0.25) is 4.79 Å². The fraction of sp³-hybridized carbons (Fsp3) is 0.588. The van der Waals surface area contributed by atoms with E-state index < -0.39 is 0 Å². The quantitative estimate of drug-likeness (QED) is 0.884. The van der Waals surface area contributed by atoms with Gasteiger partial charge in [-0.15, -0.1) is 12.4 Å². The van der Waals surface area contributed by atoms with Gasteiger partial charge in [0.05, 0.1) is 6.04 Å². The van der Waals surface area contributed by atoms with Crippen molar-refractivity contribution >= 4 is 18.3 Å². The monoisotopic (exact) mass is 340 g/mol. The summed E-state index contributed by atoms with van der Waals surface area (Å²) in [6.07, 6.45) is 2.80. The molecular formula is C17H25ClN2O3. The number of carbonyl (C=O) groups excluding carboxylic acids is 1. The minimum Gasteiger partial charge on any atom is -0.486 e. The first kappa shape index (κ1) is 17.9. The molecule has 1 aromatic rings. The maximum Gasteiger partial charge on any atom is 0.220 e. The highest BCUT2D eigenvalue weighted by atomic mass is 35.5. The van der Waals surface area contributed by atoms with Crippen molar-refractivity contribution in [2.24, 2.45) is 5.92 Å². The van der Waals surface area contributed by atoms with E-state index in [-0.39, 0.29) is 24.4 Å². The van der Waals surface area contributed by atoms with Crippen molar-refractivity contribution < 1.29 is 14.3 Å². The minimum absolute atomic E-state index is 0. The summed E-state index contributed by atoms with van der Waals surface area (Å²) in [7, 11) is 0. The third-order valence-corrected chi connectivity index (χ3v) is 4.38. The molecule has 2 heterocycles. The molecule has 1 fully saturated rings. The second-order valence-electron chi connectivity index (χ2n) is 6.09. The maximum absolute atomic E-state index is 12.2. The van der Waals surface area contributed by atoms with E-state index in [1.165, 1.54) is 0 Å². The Morgan fingerprint density at radius 3 is 2.70 bits per heavy atom. The minimum atomic E-state index is -0.0231. The molecule has 1 aromatic carbocycles. The van der Waals surface area contributed by atoms with Crippen LogP contribution in [0.3, 0.4) is 0 Å². The molecule has 0 saturated carbocycles. The summed E-state index contributed by atoms with van der Waals surface area (Å²) < 4.78 is 11.1. The summed E-state index contributed by atoms with van der Waals surface area (Å²) in [5, 5.41) is 6.42. The van der Waals surface area contributed by atoms with E-state index in [2.05, 4.69) is 10.6 Å². The largest absolute Gasteiger partial charge is 0.486 e. The van der Waals surface area contributed by atoms with Crippen molar-refractivity contribution in [1.29, 1.82) is 0 Å². The summed E-state index contributed by atoms with van der Waals surface area (Å²) in [5.74, 6) is 2.19. The van der Waals surface area contributed by atoms with E-state index >= 15 is 0 Å². The van der Waals surface area contributed by atoms with Gasteiger partial charge in [0, 0.05) is 6.42 Å². The van der Waals surface area contributed by atoms with Crippen LogP contribution in [0.1, 0.15) is 37.8 Å². The van der Waals surface area contributed by atoms with E-state index in [0.717, 1.165) is 43.0 Å². The van der Waals surface area contributed by atoms with Crippen molar-refractivity contribution in [3.05, 3.63) is 23.8 Å². The fourth-order valence-electron chi connectivity index (χ4n) is 3.06. The molecule has 2 aliphatic rings. The molecule has 1 amide bonds. The van der Waals surface area contributed by atoms with Crippen molar-refractivity contribution in [3.8, 4) is 11.5 Å². The van der Waals surface area contributed by atoms with E-state index in [4.69, 9.17) is 9.47 Å². The van der Waals surface area contributed by atoms with Crippen LogP contribution in [-0.2, 0) is 4.79 Å². The van der Waals surface area contributed by atoms with Gasteiger partial charge in [0.15, 0.2) is 11.5 Å². The zero-order chi connectivity index (χ0) is 15.4. The Kier molecular flexibility index (Phi) is 6.54. The van der Waals surface area contributed by atoms with Gasteiger partial charge in [-0.2, -0.15) is 0 Å². The Morgan fingerprint density at radius 1 is 1.26 bits per heavy atom. The van der Waals surface area contributed by atoms with Crippen molar-refractivity contribution in [2.45, 2.75) is 32.2 Å². The molecule has 0 bridgehead atoms. The Balaban J connectivity index is 0.00000192. The molecule has 2 aliphatic heterocycles. The highest BCUT2D eigenvalue weighted by Crippen LogP contribution is 2.32. The predicted molar refractivity (Wildman–Crippen MR) is 91.4 cm³/mol. The Hall–Kier alpha value is -1.46. The van der Waals surface area contributed by atoms with Gasteiger partial charge < -0.3 is 20.1 Å². The first-order chi connectivity index (χ1) is 10.7. The number of amides is 1. The lowest BCUT2D eigenvalue weighted by atomic mass is 9.94. The van der Waals surface area contributed by atoms with Crippen LogP contribution in [0.4, 0.5) is 0 Å². The van der Waals surface area contributed by atoms with Crippen LogP contribution >= 0.6 is 12.4 Å². The number of hydrogen-bond donors (Lipinski definition) is 2. The number of ether oxygens (including phenoxy) is 2. The third-order valence-electron chi connectivity index (χ3n) is 4.38. The number of benzene rings is 1. The average molecular weight is 341 g/mol. The Labute approximate surface area is 143 Å². The first-order valence-corrected chi connectivity index (χ1v) is 8.12. The van der Waals surface area contributed by atoms with Crippen molar-refractivity contribution in [3.63, 3.8) is 0 Å². The molecule has 0 spiro atoms. The number of halogens is 1. The van der Waals surface area contributed by atoms with Crippen LogP contribution in [-0.4, -0.2) is 32.2 Å². The first-order valence-electron chi connectivity index (χ1n) is 8.12. The molecule has 0 aromatic heterocycles. The number of nitrogens with one attached hydrogen (secondary N) is 2.